The molecule has 0 N–H and O–H groups in total. The number of hydrogen-bond donors (Lipinski definition) is 0. The number of benzene rings is 1. The van der Waals surface area contributed by atoms with E-state index in [1.54, 1.807) is 0 Å². The molecule has 1 saturated heterocycles. The number of nitrogens with zero attached hydrogens (tertiary/aromatic N) is 2. The van der Waals surface area contributed by atoms with Gasteiger partial charge in [-0.15, -0.1) is 0 Å². The zero-order valence-corrected chi connectivity index (χ0v) is 12.5. The largest absolute Gasteiger partial charge is 0.302 e. The van der Waals surface area contributed by atoms with E-state index in [9.17, 15) is 23.3 Å². The Labute approximate surface area is 126 Å². The van der Waals surface area contributed by atoms with Crippen LogP contribution < -0.4 is 0 Å². The van der Waals surface area contributed by atoms with E-state index in [0.29, 0.717) is 19.1 Å². The molecule has 1 aromatic rings. The van der Waals surface area contributed by atoms with Crippen LogP contribution in [-0.4, -0.2) is 36.5 Å². The standard InChI is InChI=1S/C12H13ClN2O5S/c13-9-4-5-12(11(7-9)15(17)18)21(19,20)14-6-2-1-3-10(14)8-16/h4-5,7-8,10H,1-3,6H2. The Morgan fingerprint density at radius 3 is 2.71 bits per heavy atom. The van der Waals surface area contributed by atoms with Crippen LogP contribution in [0.1, 0.15) is 19.3 Å². The maximum absolute atomic E-state index is 12.6. The quantitative estimate of drug-likeness (QED) is 0.477. The monoisotopic (exact) mass is 332 g/mol. The van der Waals surface area contributed by atoms with Crippen molar-refractivity contribution in [1.29, 1.82) is 0 Å². The summed E-state index contributed by atoms with van der Waals surface area (Å²) in [5, 5.41) is 11.1. The third-order valence-corrected chi connectivity index (χ3v) is 5.57. The number of nitro groups is 1. The number of carbonyl (C=O) groups is 1. The predicted octanol–water partition coefficient (Wildman–Crippen LogP) is 1.99. The topological polar surface area (TPSA) is 97.6 Å². The Morgan fingerprint density at radius 1 is 1.38 bits per heavy atom. The van der Waals surface area contributed by atoms with Crippen molar-refractivity contribution in [1.82, 2.24) is 4.31 Å². The Kier molecular flexibility index (Phi) is 4.60. The third kappa shape index (κ3) is 3.07. The number of piperidine rings is 1. The first-order valence-corrected chi connectivity index (χ1v) is 8.11. The van der Waals surface area contributed by atoms with Crippen LogP contribution in [0.4, 0.5) is 5.69 Å². The van der Waals surface area contributed by atoms with Gasteiger partial charge in [-0.3, -0.25) is 10.1 Å². The molecule has 2 rings (SSSR count). The Hall–Kier alpha value is -1.51. The van der Waals surface area contributed by atoms with Crippen molar-refractivity contribution < 1.29 is 18.1 Å². The molecule has 0 saturated carbocycles. The minimum absolute atomic E-state index is 0.0752. The molecular formula is C12H13ClN2O5S. The number of halogens is 1. The summed E-state index contributed by atoms with van der Waals surface area (Å²) in [6, 6.07) is 2.60. The van der Waals surface area contributed by atoms with Crippen molar-refractivity contribution in [3.05, 3.63) is 33.3 Å². The number of carbonyl (C=O) groups excluding carboxylic acids is 1. The van der Waals surface area contributed by atoms with Crippen molar-refractivity contribution in [2.45, 2.75) is 30.2 Å². The van der Waals surface area contributed by atoms with Crippen molar-refractivity contribution in [3.63, 3.8) is 0 Å². The highest BCUT2D eigenvalue weighted by atomic mass is 35.5. The van der Waals surface area contributed by atoms with Gasteiger partial charge in [0, 0.05) is 17.6 Å². The molecule has 7 nitrogen and oxygen atoms in total. The molecular weight excluding hydrogens is 320 g/mol. The van der Waals surface area contributed by atoms with Crippen molar-refractivity contribution in [3.8, 4) is 0 Å². The highest BCUT2D eigenvalue weighted by Gasteiger charge is 2.37. The summed E-state index contributed by atoms with van der Waals surface area (Å²) in [6.07, 6.45) is 2.35. The van der Waals surface area contributed by atoms with Gasteiger partial charge in [0.25, 0.3) is 15.7 Å². The van der Waals surface area contributed by atoms with E-state index in [0.717, 1.165) is 22.9 Å². The van der Waals surface area contributed by atoms with Crippen LogP contribution in [0.5, 0.6) is 0 Å². The molecule has 9 heteroatoms. The van der Waals surface area contributed by atoms with Crippen LogP contribution in [0.15, 0.2) is 23.1 Å². The fourth-order valence-corrected chi connectivity index (χ4v) is 4.28. The summed E-state index contributed by atoms with van der Waals surface area (Å²) in [5.41, 5.74) is -0.585. The third-order valence-electron chi connectivity index (χ3n) is 3.36. The van der Waals surface area contributed by atoms with Crippen LogP contribution >= 0.6 is 11.6 Å². The number of hydrogen-bond acceptors (Lipinski definition) is 5. The Balaban J connectivity index is 2.53. The molecule has 1 aliphatic rings. The normalized spacial score (nSPS) is 20.1. The lowest BCUT2D eigenvalue weighted by atomic mass is 10.1. The summed E-state index contributed by atoms with van der Waals surface area (Å²) < 4.78 is 26.3. The SMILES string of the molecule is O=CC1CCCCN1S(=O)(=O)c1ccc(Cl)cc1[N+](=O)[O-]. The van der Waals surface area contributed by atoms with E-state index >= 15 is 0 Å². The van der Waals surface area contributed by atoms with Gasteiger partial charge in [0.1, 0.15) is 6.29 Å². The summed E-state index contributed by atoms with van der Waals surface area (Å²) >= 11 is 5.68. The molecule has 0 aliphatic carbocycles. The van der Waals surface area contributed by atoms with Gasteiger partial charge in [-0.2, -0.15) is 4.31 Å². The zero-order valence-electron chi connectivity index (χ0n) is 10.9. The van der Waals surface area contributed by atoms with Crippen LogP contribution in [-0.2, 0) is 14.8 Å². The summed E-state index contributed by atoms with van der Waals surface area (Å²) in [7, 11) is -4.11. The van der Waals surface area contributed by atoms with E-state index in [2.05, 4.69) is 0 Å². The summed E-state index contributed by atoms with van der Waals surface area (Å²) in [6.45, 7) is 0.172. The van der Waals surface area contributed by atoms with Gasteiger partial charge >= 0.3 is 0 Å². The summed E-state index contributed by atoms with van der Waals surface area (Å²) in [4.78, 5) is 20.9. The van der Waals surface area contributed by atoms with E-state index in [4.69, 9.17) is 11.6 Å². The number of sulfonamides is 1. The highest BCUT2D eigenvalue weighted by molar-refractivity contribution is 7.89. The minimum atomic E-state index is -4.11. The maximum Gasteiger partial charge on any atom is 0.290 e. The van der Waals surface area contributed by atoms with Gasteiger partial charge in [-0.05, 0) is 25.0 Å². The van der Waals surface area contributed by atoms with E-state index in [1.165, 1.54) is 6.07 Å². The van der Waals surface area contributed by atoms with Gasteiger partial charge < -0.3 is 4.79 Å². The van der Waals surface area contributed by atoms with Crippen molar-refractivity contribution >= 4 is 33.6 Å². The number of aldehydes is 1. The molecule has 1 aromatic carbocycles. The van der Waals surface area contributed by atoms with Crippen LogP contribution in [0.3, 0.4) is 0 Å². The van der Waals surface area contributed by atoms with Gasteiger partial charge in [-0.1, -0.05) is 18.0 Å². The fraction of sp³-hybridized carbons (Fsp3) is 0.417. The molecule has 21 heavy (non-hydrogen) atoms. The van der Waals surface area contributed by atoms with Crippen LogP contribution in [0.25, 0.3) is 0 Å². The van der Waals surface area contributed by atoms with Crippen molar-refractivity contribution in [2.24, 2.45) is 0 Å². The predicted molar refractivity (Wildman–Crippen MR) is 75.7 cm³/mol. The average Bonchev–Trinajstić information content (AvgIpc) is 2.46. The Bertz CT molecular complexity index is 676. The molecule has 0 bridgehead atoms. The lowest BCUT2D eigenvalue weighted by Gasteiger charge is -2.31. The average molecular weight is 333 g/mol. The molecule has 1 heterocycles. The molecule has 114 valence electrons. The molecule has 1 aliphatic heterocycles. The second-order valence-electron chi connectivity index (χ2n) is 4.68. The summed E-state index contributed by atoms with van der Waals surface area (Å²) in [5.74, 6) is 0. The van der Waals surface area contributed by atoms with Gasteiger partial charge in [0.2, 0.25) is 0 Å². The van der Waals surface area contributed by atoms with Gasteiger partial charge in [0.05, 0.1) is 11.0 Å². The van der Waals surface area contributed by atoms with Gasteiger partial charge in [0.15, 0.2) is 4.90 Å². The first-order valence-electron chi connectivity index (χ1n) is 6.29. The van der Waals surface area contributed by atoms with Crippen molar-refractivity contribution in [2.75, 3.05) is 6.54 Å². The van der Waals surface area contributed by atoms with E-state index in [1.807, 2.05) is 0 Å². The fourth-order valence-electron chi connectivity index (χ4n) is 2.34. The lowest BCUT2D eigenvalue weighted by Crippen LogP contribution is -2.44. The van der Waals surface area contributed by atoms with Crippen LogP contribution in [0.2, 0.25) is 5.02 Å². The molecule has 1 fully saturated rings. The number of nitro benzene ring substituents is 1. The first kappa shape index (κ1) is 15.9. The molecule has 1 unspecified atom stereocenters. The molecule has 0 radical (unpaired) electrons. The Morgan fingerprint density at radius 2 is 2.10 bits per heavy atom. The molecule has 0 amide bonds. The molecule has 0 aromatic heterocycles. The molecule has 1 atom stereocenters. The first-order chi connectivity index (χ1) is 9.87. The minimum Gasteiger partial charge on any atom is -0.302 e. The van der Waals surface area contributed by atoms with Gasteiger partial charge in [-0.25, -0.2) is 8.42 Å². The second-order valence-corrected chi connectivity index (χ2v) is 6.98. The zero-order chi connectivity index (χ0) is 15.6. The van der Waals surface area contributed by atoms with E-state index < -0.39 is 31.6 Å². The smallest absolute Gasteiger partial charge is 0.290 e. The maximum atomic E-state index is 12.6. The second kappa shape index (κ2) is 6.08. The number of rotatable bonds is 4. The molecule has 0 spiro atoms. The lowest BCUT2D eigenvalue weighted by molar-refractivity contribution is -0.387. The van der Waals surface area contributed by atoms with E-state index in [-0.39, 0.29) is 11.6 Å². The highest BCUT2D eigenvalue weighted by Crippen LogP contribution is 2.32. The van der Waals surface area contributed by atoms with Crippen LogP contribution in [0, 0.1) is 10.1 Å².